The lowest BCUT2D eigenvalue weighted by Gasteiger charge is -2.12. The number of nitrogens with two attached hydrogens (primary N) is 2. The van der Waals surface area contributed by atoms with Crippen LogP contribution < -0.4 is 22.1 Å². The minimum Gasteiger partial charge on any atom is -0.507 e. The van der Waals surface area contributed by atoms with E-state index in [0.29, 0.717) is 5.69 Å². The molecule has 0 radical (unpaired) electrons. The fourth-order valence-electron chi connectivity index (χ4n) is 5.27. The molecule has 0 spiro atoms. The molecule has 10 N–H and O–H groups in total. The fraction of sp³-hybridized carbons (Fsp3) is 0. The first-order chi connectivity index (χ1) is 28.4. The number of halogens is 1. The Bertz CT molecular complexity index is 3320. The first kappa shape index (κ1) is 43.8. The monoisotopic (exact) mass is 931 g/mol. The van der Waals surface area contributed by atoms with Crippen LogP contribution in [0.2, 0.25) is 5.28 Å². The van der Waals surface area contributed by atoms with Gasteiger partial charge in [0.05, 0.1) is 37.9 Å². The Labute approximate surface area is 349 Å². The number of rotatable bonds is 13. The molecule has 61 heavy (non-hydrogen) atoms. The minimum absolute atomic E-state index is 0.0280. The van der Waals surface area contributed by atoms with E-state index in [0.717, 1.165) is 47.9 Å². The number of nitrogens with one attached hydrogen (secondary N) is 2. The van der Waals surface area contributed by atoms with Crippen molar-refractivity contribution in [3.05, 3.63) is 96.1 Å². The minimum atomic E-state index is -5.09. The van der Waals surface area contributed by atoms with Crippen LogP contribution in [-0.4, -0.2) is 67.4 Å². The lowest BCUT2D eigenvalue weighted by atomic mass is 10.1. The third-order valence-electron chi connectivity index (χ3n) is 8.04. The lowest BCUT2D eigenvalue weighted by Crippen LogP contribution is -2.06. The van der Waals surface area contributed by atoms with Crippen molar-refractivity contribution < 1.29 is 52.4 Å². The number of hydrogen-bond acceptors (Lipinski definition) is 20. The first-order valence-corrected chi connectivity index (χ1v) is 22.5. The van der Waals surface area contributed by atoms with Crippen LogP contribution in [0.15, 0.2) is 131 Å². The molecule has 0 aliphatic heterocycles. The molecular weight excluding hydrogens is 906 g/mol. The van der Waals surface area contributed by atoms with Crippen molar-refractivity contribution in [3.63, 3.8) is 0 Å². The van der Waals surface area contributed by atoms with Crippen molar-refractivity contribution in [2.24, 2.45) is 20.5 Å². The summed E-state index contributed by atoms with van der Waals surface area (Å²) in [7, 11) is -18.5. The maximum absolute atomic E-state index is 12.5. The number of azo groups is 2. The van der Waals surface area contributed by atoms with E-state index in [2.05, 4.69) is 52.6 Å². The van der Waals surface area contributed by atoms with Crippen LogP contribution in [0, 0.1) is 0 Å². The molecule has 0 amide bonds. The number of phenols is 1. The molecule has 0 bridgehead atoms. The number of phenolic OH excluding ortho intramolecular Hbond substituents is 1. The van der Waals surface area contributed by atoms with Gasteiger partial charge in [-0.25, -0.2) is 8.42 Å². The Morgan fingerprint density at radius 3 is 1.90 bits per heavy atom. The Balaban J connectivity index is 1.35. The molecule has 316 valence electrons. The molecule has 28 heteroatoms. The summed E-state index contributed by atoms with van der Waals surface area (Å²) in [6.07, 6.45) is 0. The Kier molecular flexibility index (Phi) is 11.8. The highest BCUT2D eigenvalue weighted by Crippen LogP contribution is 2.42. The summed E-state index contributed by atoms with van der Waals surface area (Å²) in [5.41, 5.74) is 10.2. The smallest absolute Gasteiger partial charge is 0.296 e. The summed E-state index contributed by atoms with van der Waals surface area (Å²) in [5, 5.41) is 32.2. The van der Waals surface area contributed by atoms with Crippen LogP contribution in [0.1, 0.15) is 0 Å². The van der Waals surface area contributed by atoms with Gasteiger partial charge >= 0.3 is 0 Å². The highest BCUT2D eigenvalue weighted by atomic mass is 35.5. The Morgan fingerprint density at radius 1 is 0.639 bits per heavy atom. The van der Waals surface area contributed by atoms with Crippen molar-refractivity contribution in [3.8, 4) is 5.75 Å². The number of benzene rings is 5. The van der Waals surface area contributed by atoms with Crippen LogP contribution in [0.25, 0.3) is 10.8 Å². The summed E-state index contributed by atoms with van der Waals surface area (Å²) >= 11 is 6.12. The van der Waals surface area contributed by atoms with Crippen LogP contribution in [0.5, 0.6) is 5.75 Å². The molecule has 0 fully saturated rings. The summed E-state index contributed by atoms with van der Waals surface area (Å²) in [5.74, 6) is -1.09. The molecule has 0 unspecified atom stereocenters. The summed E-state index contributed by atoms with van der Waals surface area (Å²) in [6.45, 7) is 3.28. The van der Waals surface area contributed by atoms with Crippen molar-refractivity contribution in [2.45, 2.75) is 19.6 Å². The van der Waals surface area contributed by atoms with Gasteiger partial charge in [-0.2, -0.15) is 45.3 Å². The number of aromatic nitrogens is 3. The quantitative estimate of drug-likeness (QED) is 0.0347. The second-order valence-electron chi connectivity index (χ2n) is 12.2. The van der Waals surface area contributed by atoms with Crippen LogP contribution in [0.3, 0.4) is 0 Å². The van der Waals surface area contributed by atoms with Crippen molar-refractivity contribution >= 4 is 120 Å². The largest absolute Gasteiger partial charge is 0.507 e. The highest BCUT2D eigenvalue weighted by Gasteiger charge is 2.22. The van der Waals surface area contributed by atoms with Crippen molar-refractivity contribution in [1.29, 1.82) is 0 Å². The van der Waals surface area contributed by atoms with Gasteiger partial charge in [0.25, 0.3) is 30.4 Å². The van der Waals surface area contributed by atoms with Crippen molar-refractivity contribution in [1.82, 2.24) is 15.0 Å². The molecule has 0 saturated heterocycles. The third-order valence-corrected chi connectivity index (χ3v) is 12.2. The molecule has 0 aliphatic rings. The predicted molar refractivity (Wildman–Crippen MR) is 220 cm³/mol. The average molecular weight is 932 g/mol. The second-order valence-corrected chi connectivity index (χ2v) is 18.6. The molecule has 1 aromatic heterocycles. The number of nitrogens with zero attached hydrogens (tertiary/aromatic N) is 7. The van der Waals surface area contributed by atoms with E-state index in [9.17, 15) is 52.4 Å². The SMILES string of the molecule is C=CS(=O)(=O)c1ccc(Nc2nc(Cl)nc(Nc3cc(N)c(S(=O)(=O)O)cc3N=Nc3ccc(N=Nc4c(N)ccc5cc(S(=O)(=O)O)cc(O)c45)c(S(=O)(=O)O)c3)n2)cc1. The maximum Gasteiger partial charge on any atom is 0.296 e. The fourth-order valence-corrected chi connectivity index (χ4v) is 7.93. The van der Waals surface area contributed by atoms with Gasteiger partial charge in [0.1, 0.15) is 32.6 Å². The van der Waals surface area contributed by atoms with E-state index in [1.54, 1.807) is 0 Å². The first-order valence-electron chi connectivity index (χ1n) is 16.2. The number of hydrogen-bond donors (Lipinski definition) is 8. The van der Waals surface area contributed by atoms with Gasteiger partial charge < -0.3 is 27.2 Å². The number of sulfone groups is 1. The number of nitrogen functional groups attached to an aromatic ring is 2. The van der Waals surface area contributed by atoms with Crippen LogP contribution >= 0.6 is 11.6 Å². The third kappa shape index (κ3) is 10.0. The number of aromatic hydroxyl groups is 1. The Morgan fingerprint density at radius 2 is 1.28 bits per heavy atom. The van der Waals surface area contributed by atoms with Crippen LogP contribution in [0.4, 0.5) is 57.4 Å². The topological polar surface area (TPSA) is 382 Å². The normalized spacial score (nSPS) is 12.6. The van der Waals surface area contributed by atoms with Gasteiger partial charge in [-0.05, 0) is 83.7 Å². The summed E-state index contributed by atoms with van der Waals surface area (Å²) in [4.78, 5) is 9.79. The molecule has 0 aliphatic carbocycles. The molecule has 23 nitrogen and oxygen atoms in total. The maximum atomic E-state index is 12.5. The van der Waals surface area contributed by atoms with E-state index < -0.39 is 72.0 Å². The average Bonchev–Trinajstić information content (AvgIpc) is 3.16. The van der Waals surface area contributed by atoms with Crippen LogP contribution in [-0.2, 0) is 40.2 Å². The highest BCUT2D eigenvalue weighted by molar-refractivity contribution is 7.94. The summed E-state index contributed by atoms with van der Waals surface area (Å²) in [6, 6.07) is 14.6. The number of anilines is 6. The van der Waals surface area contributed by atoms with Gasteiger partial charge in [0.15, 0.2) is 9.84 Å². The zero-order valence-electron chi connectivity index (χ0n) is 30.1. The molecule has 6 aromatic rings. The lowest BCUT2D eigenvalue weighted by molar-refractivity contribution is 0.471. The van der Waals surface area contributed by atoms with E-state index >= 15 is 0 Å². The van der Waals surface area contributed by atoms with Crippen molar-refractivity contribution in [2.75, 3.05) is 22.1 Å². The molecule has 0 atom stereocenters. The van der Waals surface area contributed by atoms with Gasteiger partial charge in [0, 0.05) is 17.2 Å². The van der Waals surface area contributed by atoms with E-state index in [1.165, 1.54) is 36.4 Å². The number of fused-ring (bicyclic) bond motifs is 1. The zero-order valence-corrected chi connectivity index (χ0v) is 34.2. The van der Waals surface area contributed by atoms with Gasteiger partial charge in [-0.1, -0.05) is 12.6 Å². The van der Waals surface area contributed by atoms with Gasteiger partial charge in [-0.3, -0.25) is 13.7 Å². The molecule has 5 aromatic carbocycles. The van der Waals surface area contributed by atoms with Gasteiger partial charge in [0.2, 0.25) is 17.2 Å². The Hall–Kier alpha value is -6.72. The van der Waals surface area contributed by atoms with Gasteiger partial charge in [-0.15, -0.1) is 15.3 Å². The second kappa shape index (κ2) is 16.4. The zero-order chi connectivity index (χ0) is 44.7. The summed E-state index contributed by atoms with van der Waals surface area (Å²) < 4.78 is 126. The molecule has 0 saturated carbocycles. The standard InChI is InChI=1S/C33H26ClN11O12S4/c1-2-58(47,48)19-7-4-17(5-8-19)37-32-39-31(34)40-33(41-32)38-24-14-22(36)27(60(52,53)54)15-25(24)44-42-18-6-10-23(28(12-18)61(55,56)57)43-45-30-21(35)9-3-16-11-20(59(49,50)51)13-26(46)29(16)30/h2-15,46H,1,35-36H2,(H,49,50,51)(H,52,53,54)(H,55,56,57)(H2,37,38,39,40,41). The van der Waals surface area contributed by atoms with E-state index in [4.69, 9.17) is 23.1 Å². The molecule has 1 heterocycles. The molecular formula is C33H26ClN11O12S4. The predicted octanol–water partition coefficient (Wildman–Crippen LogP) is 6.52. The van der Waals surface area contributed by atoms with E-state index in [-0.39, 0.29) is 61.3 Å². The molecule has 6 rings (SSSR count). The van der Waals surface area contributed by atoms with E-state index in [1.807, 2.05) is 0 Å².